The van der Waals surface area contributed by atoms with Gasteiger partial charge in [-0.25, -0.2) is 8.42 Å². The van der Waals surface area contributed by atoms with Crippen molar-refractivity contribution < 1.29 is 12.6 Å². The zero-order valence-electron chi connectivity index (χ0n) is 16.6. The molecule has 1 unspecified atom stereocenters. The maximum atomic E-state index is 12.1. The molecule has 6 nitrogen and oxygen atoms in total. The van der Waals surface area contributed by atoms with Crippen LogP contribution in [0.5, 0.6) is 0 Å². The van der Waals surface area contributed by atoms with Crippen LogP contribution in [-0.2, 0) is 32.8 Å². The summed E-state index contributed by atoms with van der Waals surface area (Å²) in [5, 5.41) is 6.38. The second kappa shape index (κ2) is 13.0. The summed E-state index contributed by atoms with van der Waals surface area (Å²) < 4.78 is 35.1. The molecule has 0 spiro atoms. The average molecular weight is 550 g/mol. The normalized spacial score (nSPS) is 12.7. The minimum atomic E-state index is -3.16. The van der Waals surface area contributed by atoms with E-state index in [0.717, 1.165) is 17.5 Å². The molecule has 0 saturated carbocycles. The maximum Gasteiger partial charge on any atom is 0.191 e. The Labute approximate surface area is 193 Å². The summed E-state index contributed by atoms with van der Waals surface area (Å²) in [5.41, 5.74) is 2.12. The van der Waals surface area contributed by atoms with Crippen LogP contribution < -0.4 is 10.6 Å². The number of hydrogen-bond donors (Lipinski definition) is 2. The molecule has 0 aliphatic heterocycles. The molecule has 0 heterocycles. The SMILES string of the molecule is CN=C(NCCc1ccc(S(C)(=O)=O)cc1)NCCS(=O)Cc1ccccc1.I. The van der Waals surface area contributed by atoms with E-state index in [1.165, 1.54) is 6.26 Å². The van der Waals surface area contributed by atoms with E-state index < -0.39 is 20.6 Å². The highest BCUT2D eigenvalue weighted by atomic mass is 127. The van der Waals surface area contributed by atoms with E-state index in [4.69, 9.17) is 0 Å². The number of nitrogens with one attached hydrogen (secondary N) is 2. The zero-order valence-corrected chi connectivity index (χ0v) is 20.6. The van der Waals surface area contributed by atoms with Gasteiger partial charge < -0.3 is 10.6 Å². The van der Waals surface area contributed by atoms with Gasteiger partial charge in [0.25, 0.3) is 0 Å². The van der Waals surface area contributed by atoms with Crippen LogP contribution in [0.25, 0.3) is 0 Å². The van der Waals surface area contributed by atoms with Gasteiger partial charge in [-0.05, 0) is 29.7 Å². The van der Waals surface area contributed by atoms with Crippen LogP contribution in [0.3, 0.4) is 0 Å². The summed E-state index contributed by atoms with van der Waals surface area (Å²) in [6, 6.07) is 16.7. The van der Waals surface area contributed by atoms with Gasteiger partial charge in [0.2, 0.25) is 0 Å². The standard InChI is InChI=1S/C20H27N3O3S2.HI/c1-21-20(23-14-15-27(24)16-18-6-4-3-5-7-18)22-13-12-17-8-10-19(11-9-17)28(2,25)26;/h3-11H,12-16H2,1-2H3,(H2,21,22,23);1H. The molecule has 0 aromatic heterocycles. The molecule has 0 saturated heterocycles. The van der Waals surface area contributed by atoms with Crippen molar-refractivity contribution in [3.63, 3.8) is 0 Å². The van der Waals surface area contributed by atoms with Gasteiger partial charge in [0.15, 0.2) is 15.8 Å². The van der Waals surface area contributed by atoms with Gasteiger partial charge in [-0.15, -0.1) is 24.0 Å². The second-order valence-corrected chi connectivity index (χ2v) is 9.96. The number of guanidine groups is 1. The van der Waals surface area contributed by atoms with Gasteiger partial charge >= 0.3 is 0 Å². The third-order valence-corrected chi connectivity index (χ3v) is 6.52. The maximum absolute atomic E-state index is 12.1. The smallest absolute Gasteiger partial charge is 0.191 e. The molecule has 0 fully saturated rings. The number of sulfone groups is 1. The average Bonchev–Trinajstić information content (AvgIpc) is 2.67. The lowest BCUT2D eigenvalue weighted by Crippen LogP contribution is -2.40. The first-order chi connectivity index (χ1) is 13.4. The van der Waals surface area contributed by atoms with Gasteiger partial charge in [-0.3, -0.25) is 9.20 Å². The van der Waals surface area contributed by atoms with Crippen LogP contribution in [0.2, 0.25) is 0 Å². The number of nitrogens with zero attached hydrogens (tertiary/aromatic N) is 1. The molecule has 0 aliphatic carbocycles. The van der Waals surface area contributed by atoms with Crippen molar-refractivity contribution in [3.05, 3.63) is 65.7 Å². The van der Waals surface area contributed by atoms with Gasteiger partial charge in [0, 0.05) is 48.7 Å². The van der Waals surface area contributed by atoms with Crippen molar-refractivity contribution in [3.8, 4) is 0 Å². The molecule has 2 aromatic rings. The number of rotatable bonds is 9. The van der Waals surface area contributed by atoms with Crippen LogP contribution in [0.15, 0.2) is 64.5 Å². The van der Waals surface area contributed by atoms with E-state index in [-0.39, 0.29) is 24.0 Å². The number of hydrogen-bond acceptors (Lipinski definition) is 4. The van der Waals surface area contributed by atoms with E-state index >= 15 is 0 Å². The first-order valence-electron chi connectivity index (χ1n) is 9.01. The summed E-state index contributed by atoms with van der Waals surface area (Å²) in [4.78, 5) is 4.49. The number of benzene rings is 2. The van der Waals surface area contributed by atoms with E-state index in [1.807, 2.05) is 42.5 Å². The first-order valence-corrected chi connectivity index (χ1v) is 12.4. The molecule has 0 bridgehead atoms. The van der Waals surface area contributed by atoms with Gasteiger partial charge in [-0.1, -0.05) is 42.5 Å². The van der Waals surface area contributed by atoms with Crippen molar-refractivity contribution in [2.75, 3.05) is 32.1 Å². The predicted molar refractivity (Wildman–Crippen MR) is 131 cm³/mol. The van der Waals surface area contributed by atoms with Gasteiger partial charge in [0.05, 0.1) is 4.90 Å². The Bertz CT molecular complexity index is 902. The summed E-state index contributed by atoms with van der Waals surface area (Å²) >= 11 is 0. The van der Waals surface area contributed by atoms with Crippen LogP contribution in [-0.4, -0.2) is 50.7 Å². The van der Waals surface area contributed by atoms with E-state index in [0.29, 0.717) is 35.5 Å². The number of aliphatic imine (C=N–C) groups is 1. The summed E-state index contributed by atoms with van der Waals surface area (Å²) in [6.07, 6.45) is 1.94. The molecule has 0 aliphatic rings. The fourth-order valence-electron chi connectivity index (χ4n) is 2.56. The first kappa shape index (κ1) is 25.6. The van der Waals surface area contributed by atoms with Crippen LogP contribution in [0, 0.1) is 0 Å². The molecule has 2 aromatic carbocycles. The minimum absolute atomic E-state index is 0. The highest BCUT2D eigenvalue weighted by Crippen LogP contribution is 2.10. The third-order valence-electron chi connectivity index (χ3n) is 4.07. The second-order valence-electron chi connectivity index (χ2n) is 6.37. The van der Waals surface area contributed by atoms with Crippen LogP contribution in [0.4, 0.5) is 0 Å². The lowest BCUT2D eigenvalue weighted by atomic mass is 10.1. The Balaban J connectivity index is 0.00000420. The molecule has 2 rings (SSSR count). The Kier molecular flexibility index (Phi) is 11.4. The highest BCUT2D eigenvalue weighted by Gasteiger charge is 2.06. The number of halogens is 1. The fraction of sp³-hybridized carbons (Fsp3) is 0.350. The third kappa shape index (κ3) is 9.72. The summed E-state index contributed by atoms with van der Waals surface area (Å²) in [6.45, 7) is 1.23. The van der Waals surface area contributed by atoms with Crippen molar-refractivity contribution in [2.45, 2.75) is 17.1 Å². The van der Waals surface area contributed by atoms with E-state index in [2.05, 4.69) is 15.6 Å². The molecule has 1 atom stereocenters. The monoisotopic (exact) mass is 549 g/mol. The minimum Gasteiger partial charge on any atom is -0.356 e. The molecule has 0 radical (unpaired) electrons. The fourth-order valence-corrected chi connectivity index (χ4v) is 4.23. The summed E-state index contributed by atoms with van der Waals surface area (Å²) in [7, 11) is -2.40. The molecule has 0 amide bonds. The Hall–Kier alpha value is -1.46. The molecular formula is C20H28IN3O3S2. The van der Waals surface area contributed by atoms with Crippen LogP contribution in [0.1, 0.15) is 11.1 Å². The Morgan fingerprint density at radius 1 is 0.966 bits per heavy atom. The molecule has 160 valence electrons. The molecular weight excluding hydrogens is 521 g/mol. The summed E-state index contributed by atoms with van der Waals surface area (Å²) in [5.74, 6) is 1.75. The predicted octanol–water partition coefficient (Wildman–Crippen LogP) is 2.36. The van der Waals surface area contributed by atoms with E-state index in [9.17, 15) is 12.6 Å². The topological polar surface area (TPSA) is 87.6 Å². The quantitative estimate of drug-likeness (QED) is 0.285. The van der Waals surface area contributed by atoms with E-state index in [1.54, 1.807) is 19.2 Å². The molecule has 2 N–H and O–H groups in total. The van der Waals surface area contributed by atoms with Crippen molar-refractivity contribution in [1.82, 2.24) is 10.6 Å². The van der Waals surface area contributed by atoms with Gasteiger partial charge in [0.1, 0.15) is 0 Å². The lowest BCUT2D eigenvalue weighted by Gasteiger charge is -2.12. The largest absolute Gasteiger partial charge is 0.356 e. The van der Waals surface area contributed by atoms with Gasteiger partial charge in [-0.2, -0.15) is 0 Å². The lowest BCUT2D eigenvalue weighted by molar-refractivity contribution is 0.602. The molecule has 29 heavy (non-hydrogen) atoms. The van der Waals surface area contributed by atoms with Crippen molar-refractivity contribution in [1.29, 1.82) is 0 Å². The zero-order chi connectivity index (χ0) is 20.4. The Morgan fingerprint density at radius 3 is 2.17 bits per heavy atom. The van der Waals surface area contributed by atoms with Crippen molar-refractivity contribution in [2.24, 2.45) is 4.99 Å². The molecule has 9 heteroatoms. The Morgan fingerprint density at radius 2 is 1.59 bits per heavy atom. The highest BCUT2D eigenvalue weighted by molar-refractivity contribution is 14.0. The van der Waals surface area contributed by atoms with Crippen LogP contribution >= 0.6 is 24.0 Å². The van der Waals surface area contributed by atoms with Crippen molar-refractivity contribution >= 4 is 50.6 Å².